The topological polar surface area (TPSA) is 41.4 Å². The molecule has 0 radical (unpaired) electrons. The van der Waals surface area contributed by atoms with Crippen LogP contribution < -0.4 is 0 Å². The summed E-state index contributed by atoms with van der Waals surface area (Å²) in [6.45, 7) is 11.8. The van der Waals surface area contributed by atoms with Crippen LogP contribution in [0.3, 0.4) is 0 Å². The molecule has 0 atom stereocenters. The third-order valence-corrected chi connectivity index (χ3v) is 7.05. The van der Waals surface area contributed by atoms with Crippen molar-refractivity contribution in [1.82, 2.24) is 19.6 Å². The molecule has 5 heteroatoms. The van der Waals surface area contributed by atoms with Crippen molar-refractivity contribution in [3.05, 3.63) is 60.3 Å². The number of aryl methyl sites for hydroxylation is 2. The second-order valence-corrected chi connectivity index (χ2v) is 9.30. The van der Waals surface area contributed by atoms with Crippen LogP contribution in [0.2, 0.25) is 0 Å². The molecular weight excluding hydrogens is 384 g/mol. The molecule has 1 amide bonds. The number of piperazine rings is 1. The Bertz CT molecular complexity index is 1160. The minimum atomic E-state index is -0.0770. The molecule has 160 valence electrons. The van der Waals surface area contributed by atoms with Crippen molar-refractivity contribution in [2.24, 2.45) is 12.5 Å². The highest BCUT2D eigenvalue weighted by molar-refractivity contribution is 5.87. The van der Waals surface area contributed by atoms with Gasteiger partial charge in [-0.15, -0.1) is 0 Å². The van der Waals surface area contributed by atoms with Gasteiger partial charge in [-0.2, -0.15) is 5.10 Å². The van der Waals surface area contributed by atoms with Gasteiger partial charge in [0.15, 0.2) is 0 Å². The first-order valence-corrected chi connectivity index (χ1v) is 11.1. The zero-order valence-electron chi connectivity index (χ0n) is 18.7. The predicted molar refractivity (Wildman–Crippen MR) is 125 cm³/mol. The summed E-state index contributed by atoms with van der Waals surface area (Å²) in [5, 5.41) is 5.72. The molecule has 5 nitrogen and oxygen atoms in total. The lowest BCUT2D eigenvalue weighted by Gasteiger charge is -2.38. The van der Waals surface area contributed by atoms with Crippen LogP contribution in [0.15, 0.2) is 49.0 Å². The van der Waals surface area contributed by atoms with Gasteiger partial charge < -0.3 is 9.80 Å². The van der Waals surface area contributed by atoms with Crippen molar-refractivity contribution in [3.63, 3.8) is 0 Å². The van der Waals surface area contributed by atoms with E-state index >= 15 is 0 Å². The third-order valence-electron chi connectivity index (χ3n) is 7.05. The summed E-state index contributed by atoms with van der Waals surface area (Å²) in [4.78, 5) is 16.9. The molecule has 0 unspecified atom stereocenters. The highest BCUT2D eigenvalue weighted by Crippen LogP contribution is 2.46. The van der Waals surface area contributed by atoms with Gasteiger partial charge in [-0.05, 0) is 48.6 Å². The van der Waals surface area contributed by atoms with E-state index in [-0.39, 0.29) is 5.41 Å². The second-order valence-electron chi connectivity index (χ2n) is 9.30. The van der Waals surface area contributed by atoms with E-state index in [4.69, 9.17) is 0 Å². The number of carbonyl (C=O) groups excluding carboxylic acids is 1. The average Bonchev–Trinajstić information content (AvgIpc) is 3.49. The van der Waals surface area contributed by atoms with Crippen LogP contribution in [0.1, 0.15) is 31.0 Å². The molecule has 0 bridgehead atoms. The Morgan fingerprint density at radius 3 is 2.23 bits per heavy atom. The van der Waals surface area contributed by atoms with Crippen molar-refractivity contribution >= 4 is 22.5 Å². The van der Waals surface area contributed by atoms with Gasteiger partial charge in [0.1, 0.15) is 0 Å². The zero-order valence-corrected chi connectivity index (χ0v) is 18.7. The molecule has 1 aliphatic heterocycles. The maximum absolute atomic E-state index is 12.6. The number of hydrogen-bond acceptors (Lipinski definition) is 3. The van der Waals surface area contributed by atoms with E-state index in [0.717, 1.165) is 61.5 Å². The van der Waals surface area contributed by atoms with E-state index in [2.05, 4.69) is 72.9 Å². The first kappa shape index (κ1) is 19.9. The first-order chi connectivity index (χ1) is 14.9. The maximum atomic E-state index is 12.6. The van der Waals surface area contributed by atoms with Gasteiger partial charge in [-0.1, -0.05) is 43.8 Å². The predicted octanol–water partition coefficient (Wildman–Crippen LogP) is 4.46. The Morgan fingerprint density at radius 2 is 1.58 bits per heavy atom. The van der Waals surface area contributed by atoms with Crippen LogP contribution in [0.25, 0.3) is 27.7 Å². The molecule has 1 aliphatic carbocycles. The number of amides is 1. The Hall–Kier alpha value is -3.08. The summed E-state index contributed by atoms with van der Waals surface area (Å²) < 4.78 is 1.93. The number of rotatable bonds is 4. The van der Waals surface area contributed by atoms with Crippen molar-refractivity contribution < 1.29 is 4.79 Å². The largest absolute Gasteiger partial charge is 0.368 e. The van der Waals surface area contributed by atoms with Crippen molar-refractivity contribution in [3.8, 4) is 11.1 Å². The van der Waals surface area contributed by atoms with Gasteiger partial charge in [0.2, 0.25) is 5.91 Å². The fourth-order valence-electron chi connectivity index (χ4n) is 4.62. The van der Waals surface area contributed by atoms with Crippen LogP contribution in [0.5, 0.6) is 0 Å². The maximum Gasteiger partial charge on any atom is 0.228 e. The lowest BCUT2D eigenvalue weighted by atomic mass is 10.0. The van der Waals surface area contributed by atoms with Crippen molar-refractivity contribution in [2.75, 3.05) is 26.2 Å². The fourth-order valence-corrected chi connectivity index (χ4v) is 4.62. The lowest BCUT2D eigenvalue weighted by molar-refractivity contribution is -0.137. The second kappa shape index (κ2) is 7.26. The molecule has 2 aliphatic rings. The molecular formula is C26H30N4O. The molecule has 1 saturated heterocycles. The Morgan fingerprint density at radius 1 is 0.968 bits per heavy atom. The summed E-state index contributed by atoms with van der Waals surface area (Å²) in [6, 6.07) is 15.2. The molecule has 2 aromatic carbocycles. The first-order valence-electron chi connectivity index (χ1n) is 11.1. The van der Waals surface area contributed by atoms with Crippen molar-refractivity contribution in [1.29, 1.82) is 0 Å². The molecule has 0 spiro atoms. The van der Waals surface area contributed by atoms with Crippen LogP contribution in [-0.4, -0.2) is 51.7 Å². The number of aromatic nitrogens is 2. The molecule has 0 N–H and O–H groups in total. The molecule has 2 fully saturated rings. The highest BCUT2D eigenvalue weighted by Gasteiger charge is 2.47. The normalized spacial score (nSPS) is 17.8. The summed E-state index contributed by atoms with van der Waals surface area (Å²) in [7, 11) is 1.98. The number of benzene rings is 2. The van der Waals surface area contributed by atoms with Gasteiger partial charge in [-0.25, -0.2) is 0 Å². The lowest BCUT2D eigenvalue weighted by Crippen LogP contribution is -2.49. The molecule has 3 aromatic rings. The summed E-state index contributed by atoms with van der Waals surface area (Å²) in [6.07, 6.45) is 2.08. The van der Waals surface area contributed by atoms with Crippen molar-refractivity contribution in [2.45, 2.75) is 26.7 Å². The molecule has 5 rings (SSSR count). The summed E-state index contributed by atoms with van der Waals surface area (Å²) >= 11 is 0. The average molecular weight is 415 g/mol. The summed E-state index contributed by atoms with van der Waals surface area (Å²) in [5.74, 6) is 0.336. The minimum Gasteiger partial charge on any atom is -0.368 e. The number of fused-ring (bicyclic) bond motifs is 1. The molecule has 1 saturated carbocycles. The van der Waals surface area contributed by atoms with Gasteiger partial charge in [0.05, 0.1) is 11.2 Å². The van der Waals surface area contributed by atoms with Gasteiger partial charge in [0, 0.05) is 49.7 Å². The third kappa shape index (κ3) is 3.52. The van der Waals surface area contributed by atoms with Crippen LogP contribution >= 0.6 is 0 Å². The van der Waals surface area contributed by atoms with Gasteiger partial charge >= 0.3 is 0 Å². The Balaban J connectivity index is 1.27. The smallest absolute Gasteiger partial charge is 0.228 e. The quantitative estimate of drug-likeness (QED) is 0.633. The highest BCUT2D eigenvalue weighted by atomic mass is 16.2. The summed E-state index contributed by atoms with van der Waals surface area (Å²) in [5.41, 5.74) is 6.69. The molecule has 31 heavy (non-hydrogen) atoms. The van der Waals surface area contributed by atoms with E-state index in [1.54, 1.807) is 0 Å². The van der Waals surface area contributed by atoms with Crippen LogP contribution in [0, 0.1) is 12.3 Å². The number of nitrogens with zero attached hydrogens (tertiary/aromatic N) is 4. The van der Waals surface area contributed by atoms with E-state index < -0.39 is 0 Å². The molecule has 1 aromatic heterocycles. The minimum absolute atomic E-state index is 0.0770. The van der Waals surface area contributed by atoms with Crippen LogP contribution in [-0.2, 0) is 11.8 Å². The van der Waals surface area contributed by atoms with E-state index in [0.29, 0.717) is 5.91 Å². The Labute approximate surface area is 184 Å². The standard InChI is InChI=1S/C26H30N4O/c1-18-23-17-22(9-10-24(23)28(4)27-18)21-7-5-20(6-8-21)19(2)29-13-15-30(16-14-29)25(31)26(3)11-12-26/h5-10,17H,2,11-16H2,1,3-4H3. The van der Waals surface area contributed by atoms with Gasteiger partial charge in [0.25, 0.3) is 0 Å². The molecule has 2 heterocycles. The monoisotopic (exact) mass is 414 g/mol. The van der Waals surface area contributed by atoms with Crippen LogP contribution in [0.4, 0.5) is 0 Å². The van der Waals surface area contributed by atoms with Gasteiger partial charge in [-0.3, -0.25) is 9.48 Å². The number of carbonyl (C=O) groups is 1. The zero-order chi connectivity index (χ0) is 21.8. The Kier molecular flexibility index (Phi) is 4.65. The van der Waals surface area contributed by atoms with E-state index in [1.165, 1.54) is 16.5 Å². The number of hydrogen-bond donors (Lipinski definition) is 0. The SMILES string of the molecule is C=C(c1ccc(-c2ccc3c(c2)c(C)nn3C)cc1)N1CCN(C(=O)C2(C)CC2)CC1. The fraction of sp³-hybridized carbons (Fsp3) is 0.385. The van der Waals surface area contributed by atoms with E-state index in [1.807, 2.05) is 16.6 Å². The van der Waals surface area contributed by atoms with E-state index in [9.17, 15) is 4.79 Å².